The lowest BCUT2D eigenvalue weighted by Gasteiger charge is -2.07. The topological polar surface area (TPSA) is 72.3 Å². The third-order valence-corrected chi connectivity index (χ3v) is 3.68. The van der Waals surface area contributed by atoms with E-state index in [9.17, 15) is 9.90 Å². The number of aromatic nitrogens is 2. The lowest BCUT2D eigenvalue weighted by atomic mass is 10.1. The van der Waals surface area contributed by atoms with Gasteiger partial charge in [0.25, 0.3) is 0 Å². The molecule has 0 bridgehead atoms. The average molecular weight is 328 g/mol. The summed E-state index contributed by atoms with van der Waals surface area (Å²) in [5, 5.41) is 9.20. The summed E-state index contributed by atoms with van der Waals surface area (Å²) < 4.78 is 5.69. The summed E-state index contributed by atoms with van der Waals surface area (Å²) in [5.74, 6) is 1.75. The normalized spacial score (nSPS) is 10.5. The molecule has 1 aromatic heterocycles. The number of unbranched alkanes of at least 4 members (excludes halogenated alkanes) is 2. The molecule has 5 heteroatoms. The van der Waals surface area contributed by atoms with E-state index in [0.717, 1.165) is 37.0 Å². The van der Waals surface area contributed by atoms with Crippen molar-refractivity contribution in [1.29, 1.82) is 0 Å². The molecule has 0 fully saturated rings. The van der Waals surface area contributed by atoms with E-state index in [4.69, 9.17) is 4.74 Å². The second-order valence-corrected chi connectivity index (χ2v) is 5.74. The molecule has 0 aliphatic rings. The number of aromatic hydroxyl groups is 1. The van der Waals surface area contributed by atoms with Crippen molar-refractivity contribution in [2.75, 3.05) is 6.61 Å². The van der Waals surface area contributed by atoms with Gasteiger partial charge in [-0.1, -0.05) is 13.3 Å². The number of rotatable bonds is 10. The number of ketones is 1. The highest BCUT2D eigenvalue weighted by molar-refractivity contribution is 5.78. The van der Waals surface area contributed by atoms with Gasteiger partial charge in [0.2, 0.25) is 0 Å². The van der Waals surface area contributed by atoms with Crippen LogP contribution < -0.4 is 4.74 Å². The van der Waals surface area contributed by atoms with Gasteiger partial charge in [-0.25, -0.2) is 9.97 Å². The zero-order valence-electron chi connectivity index (χ0n) is 14.1. The molecule has 2 aromatic rings. The van der Waals surface area contributed by atoms with Crippen molar-refractivity contribution >= 4 is 5.78 Å². The van der Waals surface area contributed by atoms with Gasteiger partial charge in [-0.3, -0.25) is 4.79 Å². The number of carbonyl (C=O) groups is 1. The number of carbonyl (C=O) groups excluding carboxylic acids is 1. The zero-order chi connectivity index (χ0) is 17.2. The van der Waals surface area contributed by atoms with E-state index in [0.29, 0.717) is 31.1 Å². The first-order valence-electron chi connectivity index (χ1n) is 8.45. The number of Topliss-reactive ketones (excluding diaryl/α,β-unsaturated/α-hetero) is 1. The molecule has 0 saturated heterocycles. The lowest BCUT2D eigenvalue weighted by molar-refractivity contribution is -0.119. The predicted octanol–water partition coefficient (Wildman–Crippen LogP) is 4.16. The Kier molecular flexibility index (Phi) is 7.21. The van der Waals surface area contributed by atoms with Crippen molar-refractivity contribution in [2.45, 2.75) is 45.4 Å². The average Bonchev–Trinajstić information content (AvgIpc) is 2.61. The molecular weight excluding hydrogens is 304 g/mol. The summed E-state index contributed by atoms with van der Waals surface area (Å²) in [6.45, 7) is 2.70. The molecule has 0 atom stereocenters. The van der Waals surface area contributed by atoms with E-state index >= 15 is 0 Å². The third-order valence-electron chi connectivity index (χ3n) is 3.68. The van der Waals surface area contributed by atoms with Crippen LogP contribution in [0.25, 0.3) is 11.4 Å². The molecule has 0 unspecified atom stereocenters. The van der Waals surface area contributed by atoms with Crippen molar-refractivity contribution < 1.29 is 14.6 Å². The Bertz CT molecular complexity index is 624. The lowest BCUT2D eigenvalue weighted by Crippen LogP contribution is -2.01. The third kappa shape index (κ3) is 5.99. The molecule has 24 heavy (non-hydrogen) atoms. The number of benzene rings is 1. The van der Waals surface area contributed by atoms with Gasteiger partial charge in [0.05, 0.1) is 19.0 Å². The van der Waals surface area contributed by atoms with Crippen LogP contribution in [-0.2, 0) is 4.79 Å². The van der Waals surface area contributed by atoms with Crippen LogP contribution in [0.15, 0.2) is 36.7 Å². The van der Waals surface area contributed by atoms with Crippen LogP contribution in [0.5, 0.6) is 11.5 Å². The van der Waals surface area contributed by atoms with Crippen LogP contribution in [0.4, 0.5) is 0 Å². The molecule has 0 aliphatic carbocycles. The maximum absolute atomic E-state index is 11.6. The van der Waals surface area contributed by atoms with Crippen molar-refractivity contribution in [3.63, 3.8) is 0 Å². The van der Waals surface area contributed by atoms with E-state index in [-0.39, 0.29) is 5.75 Å². The highest BCUT2D eigenvalue weighted by Gasteiger charge is 2.03. The van der Waals surface area contributed by atoms with Crippen molar-refractivity contribution in [1.82, 2.24) is 9.97 Å². The van der Waals surface area contributed by atoms with Crippen LogP contribution >= 0.6 is 0 Å². The van der Waals surface area contributed by atoms with Gasteiger partial charge in [0, 0.05) is 18.4 Å². The highest BCUT2D eigenvalue weighted by Crippen LogP contribution is 2.20. The van der Waals surface area contributed by atoms with E-state index in [1.807, 2.05) is 24.3 Å². The fraction of sp³-hybridized carbons (Fsp3) is 0.421. The molecule has 0 aliphatic heterocycles. The Morgan fingerprint density at radius 1 is 1.04 bits per heavy atom. The van der Waals surface area contributed by atoms with Crippen molar-refractivity contribution in [3.05, 3.63) is 36.7 Å². The second kappa shape index (κ2) is 9.65. The summed E-state index contributed by atoms with van der Waals surface area (Å²) in [6.07, 6.45) is 7.91. The first-order valence-corrected chi connectivity index (χ1v) is 8.45. The number of hydrogen-bond donors (Lipinski definition) is 1. The van der Waals surface area contributed by atoms with Crippen LogP contribution in [-0.4, -0.2) is 27.5 Å². The van der Waals surface area contributed by atoms with Gasteiger partial charge in [-0.05, 0) is 43.5 Å². The molecule has 0 radical (unpaired) electrons. The van der Waals surface area contributed by atoms with Crippen molar-refractivity contribution in [3.8, 4) is 22.9 Å². The summed E-state index contributed by atoms with van der Waals surface area (Å²) in [5.41, 5.74) is 0.865. The Morgan fingerprint density at radius 2 is 1.71 bits per heavy atom. The minimum absolute atomic E-state index is 0.0480. The molecule has 0 spiro atoms. The number of nitrogens with zero attached hydrogens (tertiary/aromatic N) is 2. The minimum atomic E-state index is 0.0480. The van der Waals surface area contributed by atoms with Crippen LogP contribution in [0.3, 0.4) is 0 Å². The van der Waals surface area contributed by atoms with E-state index < -0.39 is 0 Å². The fourth-order valence-corrected chi connectivity index (χ4v) is 2.28. The molecule has 2 rings (SSSR count). The first kappa shape index (κ1) is 17.9. The van der Waals surface area contributed by atoms with Gasteiger partial charge in [-0.2, -0.15) is 0 Å². The Morgan fingerprint density at radius 3 is 2.38 bits per heavy atom. The molecule has 1 heterocycles. The molecule has 0 saturated carbocycles. The SMILES string of the molecule is CCCCC(=O)CCCCOc1ccc(-c2ncc(O)cn2)cc1. The number of ether oxygens (including phenoxy) is 1. The molecule has 0 amide bonds. The molecule has 5 nitrogen and oxygen atoms in total. The van der Waals surface area contributed by atoms with Gasteiger partial charge < -0.3 is 9.84 Å². The largest absolute Gasteiger partial charge is 0.505 e. The highest BCUT2D eigenvalue weighted by atomic mass is 16.5. The maximum atomic E-state index is 11.6. The Labute approximate surface area is 142 Å². The second-order valence-electron chi connectivity index (χ2n) is 5.74. The van der Waals surface area contributed by atoms with Gasteiger partial charge in [0.1, 0.15) is 11.5 Å². The maximum Gasteiger partial charge on any atom is 0.159 e. The fourth-order valence-electron chi connectivity index (χ4n) is 2.28. The smallest absolute Gasteiger partial charge is 0.159 e. The Balaban J connectivity index is 1.70. The zero-order valence-corrected chi connectivity index (χ0v) is 14.1. The standard InChI is InChI=1S/C19H24N2O3/c1-2-3-6-16(22)7-4-5-12-24-18-10-8-15(9-11-18)19-20-13-17(23)14-21-19/h8-11,13-14,23H,2-7,12H2,1H3. The summed E-state index contributed by atoms with van der Waals surface area (Å²) in [7, 11) is 0. The summed E-state index contributed by atoms with van der Waals surface area (Å²) in [6, 6.07) is 7.52. The first-order chi connectivity index (χ1) is 11.7. The number of hydrogen-bond acceptors (Lipinski definition) is 5. The molecule has 1 aromatic carbocycles. The molecule has 1 N–H and O–H groups in total. The van der Waals surface area contributed by atoms with Gasteiger partial charge in [0.15, 0.2) is 11.6 Å². The van der Waals surface area contributed by atoms with Crippen LogP contribution in [0.1, 0.15) is 45.4 Å². The quantitative estimate of drug-likeness (QED) is 0.663. The van der Waals surface area contributed by atoms with E-state index in [1.54, 1.807) is 0 Å². The molecule has 128 valence electrons. The minimum Gasteiger partial charge on any atom is -0.505 e. The van der Waals surface area contributed by atoms with Crippen LogP contribution in [0.2, 0.25) is 0 Å². The van der Waals surface area contributed by atoms with Crippen LogP contribution in [0, 0.1) is 0 Å². The van der Waals surface area contributed by atoms with Gasteiger partial charge >= 0.3 is 0 Å². The predicted molar refractivity (Wildman–Crippen MR) is 93.0 cm³/mol. The molecular formula is C19H24N2O3. The Hall–Kier alpha value is -2.43. The van der Waals surface area contributed by atoms with E-state index in [2.05, 4.69) is 16.9 Å². The summed E-state index contributed by atoms with van der Waals surface area (Å²) in [4.78, 5) is 19.7. The van der Waals surface area contributed by atoms with E-state index in [1.165, 1.54) is 12.4 Å². The monoisotopic (exact) mass is 328 g/mol. The van der Waals surface area contributed by atoms with Gasteiger partial charge in [-0.15, -0.1) is 0 Å². The van der Waals surface area contributed by atoms with Crippen molar-refractivity contribution in [2.24, 2.45) is 0 Å². The summed E-state index contributed by atoms with van der Waals surface area (Å²) >= 11 is 0.